The first-order chi connectivity index (χ1) is 14.5. The first kappa shape index (κ1) is 20.7. The Hall–Kier alpha value is -4.01. The molecule has 0 atom stereocenters. The van der Waals surface area contributed by atoms with Crippen LogP contribution in [0.2, 0.25) is 0 Å². The SMILES string of the molecule is COc1cc(/C(C)=N/NC(=O)c2nn(-c3ccccc3)cc2O)cc(OC)c1OC. The van der Waals surface area contributed by atoms with Crippen molar-refractivity contribution in [3.05, 3.63) is 59.9 Å². The van der Waals surface area contributed by atoms with Crippen molar-refractivity contribution < 1.29 is 24.1 Å². The lowest BCUT2D eigenvalue weighted by Crippen LogP contribution is -2.20. The number of carbonyl (C=O) groups is 1. The minimum absolute atomic E-state index is 0.139. The second kappa shape index (κ2) is 8.99. The van der Waals surface area contributed by atoms with Gasteiger partial charge < -0.3 is 19.3 Å². The Morgan fingerprint density at radius 2 is 1.70 bits per heavy atom. The van der Waals surface area contributed by atoms with Crippen LogP contribution in [0.4, 0.5) is 0 Å². The van der Waals surface area contributed by atoms with Gasteiger partial charge in [0.15, 0.2) is 22.9 Å². The van der Waals surface area contributed by atoms with Crippen LogP contribution in [0.25, 0.3) is 5.69 Å². The molecule has 9 nitrogen and oxygen atoms in total. The average molecular weight is 410 g/mol. The second-order valence-corrected chi connectivity index (χ2v) is 6.20. The topological polar surface area (TPSA) is 107 Å². The second-order valence-electron chi connectivity index (χ2n) is 6.20. The maximum absolute atomic E-state index is 12.5. The molecule has 1 heterocycles. The van der Waals surface area contributed by atoms with E-state index in [9.17, 15) is 9.90 Å². The molecule has 2 N–H and O–H groups in total. The molecular weight excluding hydrogens is 388 g/mol. The number of aromatic hydroxyl groups is 1. The number of aromatic nitrogens is 2. The van der Waals surface area contributed by atoms with Crippen molar-refractivity contribution in [1.82, 2.24) is 15.2 Å². The van der Waals surface area contributed by atoms with Gasteiger partial charge in [0.25, 0.3) is 5.91 Å². The van der Waals surface area contributed by atoms with Gasteiger partial charge in [-0.15, -0.1) is 0 Å². The van der Waals surface area contributed by atoms with E-state index >= 15 is 0 Å². The molecule has 3 aromatic rings. The van der Waals surface area contributed by atoms with Gasteiger partial charge in [-0.25, -0.2) is 10.1 Å². The third-order valence-corrected chi connectivity index (χ3v) is 4.34. The number of hydrogen-bond acceptors (Lipinski definition) is 7. The Kier molecular flexibility index (Phi) is 6.21. The van der Waals surface area contributed by atoms with E-state index < -0.39 is 5.91 Å². The van der Waals surface area contributed by atoms with Crippen LogP contribution in [0, 0.1) is 0 Å². The molecule has 3 rings (SSSR count). The molecule has 0 bridgehead atoms. The number of benzene rings is 2. The van der Waals surface area contributed by atoms with Crippen LogP contribution in [0.3, 0.4) is 0 Å². The fourth-order valence-electron chi connectivity index (χ4n) is 2.78. The summed E-state index contributed by atoms with van der Waals surface area (Å²) in [5.74, 6) is 0.488. The lowest BCUT2D eigenvalue weighted by molar-refractivity contribution is 0.0947. The zero-order chi connectivity index (χ0) is 21.7. The summed E-state index contributed by atoms with van der Waals surface area (Å²) < 4.78 is 17.4. The first-order valence-electron chi connectivity index (χ1n) is 8.97. The van der Waals surface area contributed by atoms with Crippen LogP contribution in [0.5, 0.6) is 23.0 Å². The van der Waals surface area contributed by atoms with E-state index in [0.717, 1.165) is 0 Å². The van der Waals surface area contributed by atoms with Gasteiger partial charge in [-0.3, -0.25) is 4.79 Å². The minimum atomic E-state index is -0.644. The standard InChI is InChI=1S/C21H22N4O5/c1-13(14-10-17(28-2)20(30-4)18(11-14)29-3)22-23-21(27)19-16(26)12-25(24-19)15-8-6-5-7-9-15/h5-12,26H,1-4H3,(H,23,27)/b22-13+. The molecule has 30 heavy (non-hydrogen) atoms. The zero-order valence-electron chi connectivity index (χ0n) is 17.0. The Labute approximate surface area is 173 Å². The molecule has 2 aromatic carbocycles. The number of nitrogens with one attached hydrogen (secondary N) is 1. The molecule has 0 aliphatic rings. The molecule has 0 saturated heterocycles. The Morgan fingerprint density at radius 1 is 1.07 bits per heavy atom. The van der Waals surface area contributed by atoms with Crippen molar-refractivity contribution in [2.75, 3.05) is 21.3 Å². The Balaban J connectivity index is 1.82. The number of hydrogen-bond donors (Lipinski definition) is 2. The van der Waals surface area contributed by atoms with Crippen molar-refractivity contribution in [2.24, 2.45) is 5.10 Å². The summed E-state index contributed by atoms with van der Waals surface area (Å²) in [6, 6.07) is 12.6. The number of ether oxygens (including phenoxy) is 3. The van der Waals surface area contributed by atoms with E-state index in [2.05, 4.69) is 15.6 Å². The van der Waals surface area contributed by atoms with E-state index in [4.69, 9.17) is 14.2 Å². The van der Waals surface area contributed by atoms with Gasteiger partial charge >= 0.3 is 0 Å². The highest BCUT2D eigenvalue weighted by Crippen LogP contribution is 2.38. The quantitative estimate of drug-likeness (QED) is 0.458. The Morgan fingerprint density at radius 3 is 2.27 bits per heavy atom. The predicted molar refractivity (Wildman–Crippen MR) is 111 cm³/mol. The molecule has 1 aromatic heterocycles. The Bertz CT molecular complexity index is 1050. The third kappa shape index (κ3) is 4.19. The molecule has 0 radical (unpaired) electrons. The van der Waals surface area contributed by atoms with E-state index in [1.54, 1.807) is 31.2 Å². The first-order valence-corrected chi connectivity index (χ1v) is 8.97. The predicted octanol–water partition coefficient (Wildman–Crippen LogP) is 2.76. The summed E-state index contributed by atoms with van der Waals surface area (Å²) in [6.45, 7) is 1.71. The van der Waals surface area contributed by atoms with Crippen molar-refractivity contribution >= 4 is 11.6 Å². The van der Waals surface area contributed by atoms with Gasteiger partial charge in [-0.2, -0.15) is 10.2 Å². The normalized spacial score (nSPS) is 11.1. The van der Waals surface area contributed by atoms with Crippen molar-refractivity contribution in [2.45, 2.75) is 6.92 Å². The third-order valence-electron chi connectivity index (χ3n) is 4.34. The molecular formula is C21H22N4O5. The molecule has 0 unspecified atom stereocenters. The largest absolute Gasteiger partial charge is 0.504 e. The summed E-state index contributed by atoms with van der Waals surface area (Å²) in [6.07, 6.45) is 1.36. The van der Waals surface area contributed by atoms with Gasteiger partial charge in [0.1, 0.15) is 0 Å². The van der Waals surface area contributed by atoms with Crippen molar-refractivity contribution in [3.63, 3.8) is 0 Å². The zero-order valence-corrected chi connectivity index (χ0v) is 17.0. The van der Waals surface area contributed by atoms with Gasteiger partial charge in [-0.05, 0) is 31.2 Å². The summed E-state index contributed by atoms with van der Waals surface area (Å²) in [7, 11) is 4.55. The summed E-state index contributed by atoms with van der Waals surface area (Å²) in [5, 5.41) is 18.3. The molecule has 0 aliphatic carbocycles. The fourth-order valence-corrected chi connectivity index (χ4v) is 2.78. The maximum Gasteiger partial charge on any atom is 0.295 e. The molecule has 1 amide bonds. The van der Waals surface area contributed by atoms with Gasteiger partial charge in [-0.1, -0.05) is 18.2 Å². The van der Waals surface area contributed by atoms with Crippen LogP contribution >= 0.6 is 0 Å². The van der Waals surface area contributed by atoms with Crippen LogP contribution in [0.15, 0.2) is 53.8 Å². The van der Waals surface area contributed by atoms with E-state index in [1.165, 1.54) is 32.2 Å². The van der Waals surface area contributed by atoms with E-state index in [-0.39, 0.29) is 11.4 Å². The monoisotopic (exact) mass is 410 g/mol. The maximum atomic E-state index is 12.5. The minimum Gasteiger partial charge on any atom is -0.504 e. The molecule has 0 spiro atoms. The van der Waals surface area contributed by atoms with Gasteiger partial charge in [0, 0.05) is 5.56 Å². The lowest BCUT2D eigenvalue weighted by atomic mass is 10.1. The van der Waals surface area contributed by atoms with Crippen LogP contribution in [0.1, 0.15) is 23.0 Å². The van der Waals surface area contributed by atoms with E-state index in [0.29, 0.717) is 34.2 Å². The fraction of sp³-hybridized carbons (Fsp3) is 0.190. The van der Waals surface area contributed by atoms with Crippen LogP contribution in [-0.4, -0.2) is 47.8 Å². The number of rotatable bonds is 7. The van der Waals surface area contributed by atoms with Crippen LogP contribution < -0.4 is 19.6 Å². The number of methoxy groups -OCH3 is 3. The van der Waals surface area contributed by atoms with Crippen molar-refractivity contribution in [1.29, 1.82) is 0 Å². The number of para-hydroxylation sites is 1. The molecule has 0 saturated carbocycles. The highest BCUT2D eigenvalue weighted by molar-refractivity contribution is 6.01. The molecule has 0 aliphatic heterocycles. The average Bonchev–Trinajstić information content (AvgIpc) is 3.18. The van der Waals surface area contributed by atoms with Gasteiger partial charge in [0.05, 0.1) is 38.9 Å². The highest BCUT2D eigenvalue weighted by atomic mass is 16.5. The van der Waals surface area contributed by atoms with Gasteiger partial charge in [0.2, 0.25) is 5.75 Å². The van der Waals surface area contributed by atoms with E-state index in [1.807, 2.05) is 18.2 Å². The lowest BCUT2D eigenvalue weighted by Gasteiger charge is -2.14. The summed E-state index contributed by atoms with van der Waals surface area (Å²) in [4.78, 5) is 12.5. The summed E-state index contributed by atoms with van der Waals surface area (Å²) in [5.41, 5.74) is 4.13. The summed E-state index contributed by atoms with van der Waals surface area (Å²) >= 11 is 0. The van der Waals surface area contributed by atoms with Crippen LogP contribution in [-0.2, 0) is 0 Å². The van der Waals surface area contributed by atoms with Crippen molar-refractivity contribution in [3.8, 4) is 28.7 Å². The molecule has 156 valence electrons. The molecule has 0 fully saturated rings. The number of nitrogens with zero attached hydrogens (tertiary/aromatic N) is 3. The number of carbonyl (C=O) groups excluding carboxylic acids is 1. The number of amides is 1. The highest BCUT2D eigenvalue weighted by Gasteiger charge is 2.18. The molecule has 9 heteroatoms. The smallest absolute Gasteiger partial charge is 0.295 e. The number of hydrazone groups is 1.